The Kier molecular flexibility index (Phi) is 25.3. The third-order valence-electron chi connectivity index (χ3n) is 11.6. The fourth-order valence-electron chi connectivity index (χ4n) is 7.85. The molecule has 1 aliphatic carbocycles. The van der Waals surface area contributed by atoms with E-state index in [9.17, 15) is 9.59 Å². The van der Waals surface area contributed by atoms with Crippen molar-refractivity contribution in [3.63, 3.8) is 0 Å². The number of allylic oxidation sites excluding steroid dienone is 2. The number of quaternary nitrogens is 2. The number of ether oxygens (including phenoxy) is 2. The van der Waals surface area contributed by atoms with Crippen molar-refractivity contribution >= 4 is 35.5 Å². The van der Waals surface area contributed by atoms with E-state index < -0.39 is 11.8 Å². The van der Waals surface area contributed by atoms with Crippen molar-refractivity contribution in [3.05, 3.63) is 69.5 Å². The molecule has 338 valence electrons. The highest BCUT2D eigenvalue weighted by atomic mass is 32.2. The van der Waals surface area contributed by atoms with Crippen LogP contribution in [0.25, 0.3) is 0 Å². The van der Waals surface area contributed by atoms with E-state index in [1.807, 2.05) is 0 Å². The van der Waals surface area contributed by atoms with Crippen LogP contribution < -0.4 is 0 Å². The first-order valence-corrected chi connectivity index (χ1v) is 25.6. The average Bonchev–Trinajstić information content (AvgIpc) is 3.20. The first-order chi connectivity index (χ1) is 28.8. The van der Waals surface area contributed by atoms with Gasteiger partial charge in [0.1, 0.15) is 0 Å². The van der Waals surface area contributed by atoms with Crippen LogP contribution in [0.1, 0.15) is 153 Å². The highest BCUT2D eigenvalue weighted by molar-refractivity contribution is 8.06. The van der Waals surface area contributed by atoms with Gasteiger partial charge in [-0.1, -0.05) is 126 Å². The molecule has 6 nitrogen and oxygen atoms in total. The number of nitrogens with zero attached hydrogens (tertiary/aromatic N) is 2. The number of thioether (sulfide) groups is 2. The Morgan fingerprint density at radius 2 is 0.817 bits per heavy atom. The molecule has 0 radical (unpaired) electrons. The minimum Gasteiger partial charge on any atom is -0.465 e. The lowest BCUT2D eigenvalue weighted by atomic mass is 9.82. The average molecular weight is 867 g/mol. The van der Waals surface area contributed by atoms with Crippen LogP contribution in [0.2, 0.25) is 0 Å². The van der Waals surface area contributed by atoms with Crippen LogP contribution in [-0.4, -0.2) is 89.5 Å². The number of hydrogen-bond donors (Lipinski definition) is 0. The molecular weight excluding hydrogens is 781 g/mol. The number of benzene rings is 2. The zero-order chi connectivity index (χ0) is 43.6. The molecule has 0 amide bonds. The van der Waals surface area contributed by atoms with Crippen molar-refractivity contribution in [1.29, 1.82) is 0 Å². The molecule has 60 heavy (non-hydrogen) atoms. The third kappa shape index (κ3) is 22.7. The van der Waals surface area contributed by atoms with Crippen molar-refractivity contribution in [2.75, 3.05) is 68.6 Å². The number of unbranched alkanes of at least 4 members (excludes halogenated alkanes) is 14. The molecule has 0 saturated carbocycles. The lowest BCUT2D eigenvalue weighted by molar-refractivity contribution is -0.870. The number of carbonyl (C=O) groups is 2. The fraction of sp³-hybridized carbons (Fsp3) is 0.692. The van der Waals surface area contributed by atoms with Gasteiger partial charge in [0.2, 0.25) is 0 Å². The topological polar surface area (TPSA) is 52.6 Å². The predicted molar refractivity (Wildman–Crippen MR) is 257 cm³/mol. The summed E-state index contributed by atoms with van der Waals surface area (Å²) in [5.74, 6) is -1.63. The summed E-state index contributed by atoms with van der Waals surface area (Å²) in [5, 5.41) is 0. The van der Waals surface area contributed by atoms with Gasteiger partial charge in [0.25, 0.3) is 0 Å². The van der Waals surface area contributed by atoms with Crippen LogP contribution in [0.5, 0.6) is 0 Å². The molecule has 8 heteroatoms. The molecule has 0 N–H and O–H groups in total. The molecule has 0 spiro atoms. The van der Waals surface area contributed by atoms with Crippen LogP contribution in [0.4, 0.5) is 0 Å². The molecule has 3 rings (SSSR count). The van der Waals surface area contributed by atoms with Gasteiger partial charge in [-0.25, -0.2) is 0 Å². The Morgan fingerprint density at radius 3 is 1.22 bits per heavy atom. The quantitative estimate of drug-likeness (QED) is 0.0415. The second-order valence-corrected chi connectivity index (χ2v) is 21.8. The summed E-state index contributed by atoms with van der Waals surface area (Å²) in [5.41, 5.74) is 2.74. The summed E-state index contributed by atoms with van der Waals surface area (Å²) in [6, 6.07) is 18.0. The maximum atomic E-state index is 14.0. The molecule has 0 aromatic heterocycles. The van der Waals surface area contributed by atoms with E-state index >= 15 is 0 Å². The molecule has 0 saturated heterocycles. The lowest BCUT2D eigenvalue weighted by Crippen LogP contribution is -2.36. The maximum Gasteiger partial charge on any atom is 0.310 e. The number of rotatable bonds is 32. The van der Waals surface area contributed by atoms with Gasteiger partial charge >= 0.3 is 11.9 Å². The fourth-order valence-corrected chi connectivity index (χ4v) is 10.1. The standard InChI is InChI=1S/C52H86N2O4S2/c1-9-11-13-15-17-21-27-43-29-33-45(34-30-43)59-49-42-48(52(56)58-40-26-20-18-23-37-53(3,4)5)47(51(55)57-39-25-19-16-14-12-10-2)41-50(49)60-46-35-31-44(32-36-46)28-22-24-38-54(6,7)8/h29-36,47-48H,9-28,37-42H2,1-8H3/q+2/t47-,48-/m1/s1. The first-order valence-electron chi connectivity index (χ1n) is 24.0. The summed E-state index contributed by atoms with van der Waals surface area (Å²) in [6.07, 6.45) is 24.3. The molecule has 0 bridgehead atoms. The van der Waals surface area contributed by atoms with E-state index in [0.29, 0.717) is 26.1 Å². The van der Waals surface area contributed by atoms with Crippen molar-refractivity contribution in [1.82, 2.24) is 0 Å². The van der Waals surface area contributed by atoms with Gasteiger partial charge < -0.3 is 18.4 Å². The van der Waals surface area contributed by atoms with Gasteiger partial charge in [-0.05, 0) is 112 Å². The van der Waals surface area contributed by atoms with Crippen LogP contribution in [-0.2, 0) is 31.9 Å². The van der Waals surface area contributed by atoms with Gasteiger partial charge in [0.15, 0.2) is 0 Å². The molecule has 2 aromatic rings. The SMILES string of the molecule is CCCCCCCCOC(=O)[C@@H]1CC(Sc2ccc(CCCC[N+](C)(C)C)cc2)=C(Sc2ccc(CCCCCCCC)cc2)C[C@H]1C(=O)OCCCCCC[N+](C)(C)C. The van der Waals surface area contributed by atoms with E-state index in [0.717, 1.165) is 88.0 Å². The third-order valence-corrected chi connectivity index (χ3v) is 14.1. The Labute approximate surface area is 376 Å². The first kappa shape index (κ1) is 52.1. The lowest BCUT2D eigenvalue weighted by Gasteiger charge is -2.32. The predicted octanol–water partition coefficient (Wildman–Crippen LogP) is 13.5. The van der Waals surface area contributed by atoms with Gasteiger partial charge in [-0.3, -0.25) is 9.59 Å². The molecule has 0 heterocycles. The molecule has 0 fully saturated rings. The number of carbonyl (C=O) groups excluding carboxylic acids is 2. The second-order valence-electron chi connectivity index (χ2n) is 19.5. The van der Waals surface area contributed by atoms with Crippen LogP contribution >= 0.6 is 23.5 Å². The van der Waals surface area contributed by atoms with Crippen molar-refractivity contribution in [2.45, 2.75) is 165 Å². The summed E-state index contributed by atoms with van der Waals surface area (Å²) < 4.78 is 14.0. The molecule has 2 atom stereocenters. The van der Waals surface area contributed by atoms with Gasteiger partial charge in [0.05, 0.1) is 80.4 Å². The smallest absolute Gasteiger partial charge is 0.310 e. The molecule has 2 aromatic carbocycles. The van der Waals surface area contributed by atoms with Gasteiger partial charge in [-0.15, -0.1) is 0 Å². The normalized spacial score (nSPS) is 16.0. The molecule has 1 aliphatic rings. The van der Waals surface area contributed by atoms with Crippen molar-refractivity contribution in [3.8, 4) is 0 Å². The Morgan fingerprint density at radius 1 is 0.483 bits per heavy atom. The number of hydrogen-bond acceptors (Lipinski definition) is 6. The van der Waals surface area contributed by atoms with E-state index in [1.54, 1.807) is 23.5 Å². The summed E-state index contributed by atoms with van der Waals surface area (Å²) >= 11 is 3.51. The Hall–Kier alpha value is -2.26. The van der Waals surface area contributed by atoms with E-state index in [4.69, 9.17) is 9.47 Å². The zero-order valence-electron chi connectivity index (χ0n) is 39.5. The maximum absolute atomic E-state index is 14.0. The molecule has 0 aliphatic heterocycles. The van der Waals surface area contributed by atoms with Crippen LogP contribution in [0.3, 0.4) is 0 Å². The highest BCUT2D eigenvalue weighted by Gasteiger charge is 2.41. The Bertz CT molecular complexity index is 1510. The van der Waals surface area contributed by atoms with Crippen molar-refractivity contribution < 1.29 is 28.0 Å². The van der Waals surface area contributed by atoms with Crippen molar-refractivity contribution in [2.24, 2.45) is 11.8 Å². The largest absolute Gasteiger partial charge is 0.465 e. The number of aryl methyl sites for hydroxylation is 2. The highest BCUT2D eigenvalue weighted by Crippen LogP contribution is 2.49. The minimum absolute atomic E-state index is 0.253. The summed E-state index contributed by atoms with van der Waals surface area (Å²) in [7, 11) is 13.4. The monoisotopic (exact) mass is 867 g/mol. The summed E-state index contributed by atoms with van der Waals surface area (Å²) in [6.45, 7) is 7.62. The van der Waals surface area contributed by atoms with E-state index in [1.165, 1.54) is 93.2 Å². The number of esters is 2. The Balaban J connectivity index is 1.80. The van der Waals surface area contributed by atoms with E-state index in [2.05, 4.69) is 105 Å². The second kappa shape index (κ2) is 29.2. The van der Waals surface area contributed by atoms with Crippen LogP contribution in [0, 0.1) is 11.8 Å². The van der Waals surface area contributed by atoms with E-state index in [-0.39, 0.29) is 11.9 Å². The van der Waals surface area contributed by atoms with Gasteiger partial charge in [0, 0.05) is 19.6 Å². The molecular formula is C52H86N2O4S2+2. The van der Waals surface area contributed by atoms with Gasteiger partial charge in [-0.2, -0.15) is 0 Å². The van der Waals surface area contributed by atoms with Crippen LogP contribution in [0.15, 0.2) is 68.1 Å². The summed E-state index contributed by atoms with van der Waals surface area (Å²) in [4.78, 5) is 32.7. The minimum atomic E-state index is -0.562. The molecule has 0 unspecified atom stereocenters. The zero-order valence-corrected chi connectivity index (χ0v) is 41.1.